The topological polar surface area (TPSA) is 84.9 Å². The fraction of sp³-hybridized carbons (Fsp3) is 0.381. The van der Waals surface area contributed by atoms with Gasteiger partial charge in [-0.1, -0.05) is 31.5 Å². The van der Waals surface area contributed by atoms with E-state index in [-0.39, 0.29) is 10.8 Å². The summed E-state index contributed by atoms with van der Waals surface area (Å²) >= 11 is 0. The van der Waals surface area contributed by atoms with Crippen LogP contribution in [0.2, 0.25) is 0 Å². The van der Waals surface area contributed by atoms with E-state index in [2.05, 4.69) is 11.6 Å². The molecule has 154 valence electrons. The molecule has 1 amide bonds. The van der Waals surface area contributed by atoms with Crippen LogP contribution in [0.1, 0.15) is 31.7 Å². The number of rotatable bonds is 6. The number of fused-ring (bicyclic) bond motifs is 2. The normalized spacial score (nSPS) is 18.1. The molecule has 1 saturated heterocycles. The number of nitrogens with zero attached hydrogens (tertiary/aromatic N) is 1. The van der Waals surface area contributed by atoms with E-state index in [0.717, 1.165) is 12.8 Å². The molecule has 1 fully saturated rings. The van der Waals surface area contributed by atoms with E-state index >= 15 is 0 Å². The number of amides is 1. The van der Waals surface area contributed by atoms with E-state index in [4.69, 9.17) is 9.47 Å². The highest BCUT2D eigenvalue weighted by Crippen LogP contribution is 2.46. The lowest BCUT2D eigenvalue weighted by Crippen LogP contribution is -2.47. The predicted octanol–water partition coefficient (Wildman–Crippen LogP) is 3.22. The molecule has 0 aromatic heterocycles. The summed E-state index contributed by atoms with van der Waals surface area (Å²) in [6, 6.07) is 13.2. The lowest BCUT2D eigenvalue weighted by molar-refractivity contribution is -0.256. The monoisotopic (exact) mass is 416 g/mol. The molecule has 0 aliphatic carbocycles. The molecular formula is C21H24N2O5S. The van der Waals surface area contributed by atoms with E-state index in [1.807, 2.05) is 0 Å². The van der Waals surface area contributed by atoms with E-state index in [1.54, 1.807) is 41.3 Å². The Morgan fingerprint density at radius 2 is 1.83 bits per heavy atom. The van der Waals surface area contributed by atoms with Gasteiger partial charge in [0.1, 0.15) is 0 Å². The van der Waals surface area contributed by atoms with Crippen LogP contribution < -0.4 is 9.62 Å². The summed E-state index contributed by atoms with van der Waals surface area (Å²) in [6.45, 7) is 3.44. The van der Waals surface area contributed by atoms with Crippen LogP contribution in [-0.2, 0) is 30.1 Å². The average Bonchev–Trinajstić information content (AvgIpc) is 2.95. The van der Waals surface area contributed by atoms with Gasteiger partial charge < -0.3 is 14.4 Å². The number of unbranched alkanes of at least 4 members (excludes halogenated alkanes) is 1. The molecule has 0 unspecified atom stereocenters. The predicted molar refractivity (Wildman–Crippen MR) is 109 cm³/mol. The number of benzene rings is 2. The average molecular weight is 416 g/mol. The molecular weight excluding hydrogens is 392 g/mol. The first-order valence-corrected chi connectivity index (χ1v) is 11.3. The Kier molecular flexibility index (Phi) is 5.33. The van der Waals surface area contributed by atoms with Crippen LogP contribution in [0.25, 0.3) is 0 Å². The summed E-state index contributed by atoms with van der Waals surface area (Å²) in [5.41, 5.74) is 1.61. The van der Waals surface area contributed by atoms with Crippen molar-refractivity contribution >= 4 is 27.3 Å². The van der Waals surface area contributed by atoms with Gasteiger partial charge in [0.05, 0.1) is 23.8 Å². The summed E-state index contributed by atoms with van der Waals surface area (Å²) < 4.78 is 39.7. The van der Waals surface area contributed by atoms with Crippen LogP contribution in [0, 0.1) is 0 Å². The number of carbonyl (C=O) groups is 1. The zero-order chi connectivity index (χ0) is 20.5. The molecule has 7 nitrogen and oxygen atoms in total. The van der Waals surface area contributed by atoms with E-state index in [0.29, 0.717) is 43.1 Å². The Morgan fingerprint density at radius 1 is 1.10 bits per heavy atom. The van der Waals surface area contributed by atoms with Crippen LogP contribution in [0.3, 0.4) is 0 Å². The minimum Gasteiger partial charge on any atom is -0.338 e. The number of hydrogen-bond donors (Lipinski definition) is 1. The van der Waals surface area contributed by atoms with Crippen molar-refractivity contribution in [3.05, 3.63) is 54.1 Å². The van der Waals surface area contributed by atoms with Crippen molar-refractivity contribution in [3.8, 4) is 0 Å². The fourth-order valence-corrected chi connectivity index (χ4v) is 4.73. The highest BCUT2D eigenvalue weighted by atomic mass is 32.2. The van der Waals surface area contributed by atoms with Crippen LogP contribution in [-0.4, -0.2) is 34.1 Å². The first-order valence-electron chi connectivity index (χ1n) is 9.80. The molecule has 29 heavy (non-hydrogen) atoms. The van der Waals surface area contributed by atoms with E-state index < -0.39 is 15.8 Å². The van der Waals surface area contributed by atoms with Crippen LogP contribution >= 0.6 is 0 Å². The van der Waals surface area contributed by atoms with Crippen molar-refractivity contribution in [3.63, 3.8) is 0 Å². The van der Waals surface area contributed by atoms with Gasteiger partial charge in [-0.3, -0.25) is 9.52 Å². The minimum absolute atomic E-state index is 0.168. The zero-order valence-corrected chi connectivity index (χ0v) is 17.1. The molecule has 1 N–H and O–H groups in total. The third-order valence-electron chi connectivity index (χ3n) is 5.11. The Hall–Kier alpha value is -2.42. The lowest BCUT2D eigenvalue weighted by Gasteiger charge is -2.32. The molecule has 2 aromatic carbocycles. The first kappa shape index (κ1) is 19.9. The lowest BCUT2D eigenvalue weighted by atomic mass is 10.1. The molecule has 2 aliphatic heterocycles. The molecule has 1 spiro atoms. The van der Waals surface area contributed by atoms with Gasteiger partial charge in [0.2, 0.25) is 0 Å². The summed E-state index contributed by atoms with van der Waals surface area (Å²) in [6.07, 6.45) is 2.51. The third-order valence-corrected chi connectivity index (χ3v) is 6.51. The number of ether oxygens (including phenoxy) is 2. The van der Waals surface area contributed by atoms with Gasteiger partial charge in [-0.2, -0.15) is 0 Å². The van der Waals surface area contributed by atoms with Crippen molar-refractivity contribution in [2.45, 2.75) is 36.9 Å². The number of hydrogen-bond acceptors (Lipinski definition) is 5. The summed E-state index contributed by atoms with van der Waals surface area (Å²) in [5, 5.41) is 0. The van der Waals surface area contributed by atoms with Crippen LogP contribution in [0.5, 0.6) is 0 Å². The maximum atomic E-state index is 13.2. The highest BCUT2D eigenvalue weighted by Gasteiger charge is 2.54. The Bertz CT molecular complexity index is 1000. The number of sulfonamides is 1. The molecule has 2 heterocycles. The number of nitrogens with one attached hydrogen (secondary N) is 1. The molecule has 0 bridgehead atoms. The minimum atomic E-state index is -3.74. The molecule has 0 radical (unpaired) electrons. The Morgan fingerprint density at radius 3 is 2.52 bits per heavy atom. The quantitative estimate of drug-likeness (QED) is 0.782. The van der Waals surface area contributed by atoms with Gasteiger partial charge in [-0.05, 0) is 43.2 Å². The maximum Gasteiger partial charge on any atom is 0.292 e. The van der Waals surface area contributed by atoms with Gasteiger partial charge in [-0.25, -0.2) is 8.42 Å². The van der Waals surface area contributed by atoms with Crippen LogP contribution in [0.4, 0.5) is 11.4 Å². The highest BCUT2D eigenvalue weighted by molar-refractivity contribution is 7.92. The second-order valence-electron chi connectivity index (χ2n) is 7.13. The Labute approximate surface area is 170 Å². The molecule has 0 atom stereocenters. The maximum absolute atomic E-state index is 13.2. The van der Waals surface area contributed by atoms with E-state index in [9.17, 15) is 13.2 Å². The first-order chi connectivity index (χ1) is 14.0. The molecule has 4 rings (SSSR count). The van der Waals surface area contributed by atoms with Gasteiger partial charge in [0.15, 0.2) is 0 Å². The van der Waals surface area contributed by atoms with Crippen molar-refractivity contribution in [1.82, 2.24) is 0 Å². The van der Waals surface area contributed by atoms with Crippen molar-refractivity contribution in [2.24, 2.45) is 0 Å². The van der Waals surface area contributed by atoms with Crippen LogP contribution in [0.15, 0.2) is 53.4 Å². The van der Waals surface area contributed by atoms with Crippen molar-refractivity contribution in [1.29, 1.82) is 0 Å². The number of anilines is 2. The van der Waals surface area contributed by atoms with E-state index in [1.165, 1.54) is 12.1 Å². The standard InChI is InChI=1S/C21H24N2O5S/c1-2-3-12-23-19-11-10-16(22-29(25,26)17-8-5-4-6-9-17)15-18(19)21(20(23)24)27-13-7-14-28-21/h4-6,8-11,15,22H,2-3,7,12-14H2,1H3. The summed E-state index contributed by atoms with van der Waals surface area (Å²) in [4.78, 5) is 15.0. The molecule has 8 heteroatoms. The van der Waals surface area contributed by atoms with Crippen molar-refractivity contribution < 1.29 is 22.7 Å². The molecule has 2 aliphatic rings. The van der Waals surface area contributed by atoms with Gasteiger partial charge in [-0.15, -0.1) is 0 Å². The Balaban J connectivity index is 1.72. The second kappa shape index (κ2) is 7.78. The van der Waals surface area contributed by atoms with Crippen molar-refractivity contribution in [2.75, 3.05) is 29.4 Å². The fourth-order valence-electron chi connectivity index (χ4n) is 3.66. The molecule has 2 aromatic rings. The van der Waals surface area contributed by atoms with Gasteiger partial charge in [0, 0.05) is 17.8 Å². The summed E-state index contributed by atoms with van der Waals surface area (Å²) in [7, 11) is -3.74. The molecule has 0 saturated carbocycles. The van der Waals surface area contributed by atoms with Gasteiger partial charge >= 0.3 is 0 Å². The summed E-state index contributed by atoms with van der Waals surface area (Å²) in [5.74, 6) is -1.74. The zero-order valence-electron chi connectivity index (χ0n) is 16.3. The number of carbonyl (C=O) groups excluding carboxylic acids is 1. The third kappa shape index (κ3) is 3.52. The second-order valence-corrected chi connectivity index (χ2v) is 8.81. The smallest absolute Gasteiger partial charge is 0.292 e. The largest absolute Gasteiger partial charge is 0.338 e. The van der Waals surface area contributed by atoms with Gasteiger partial charge in [0.25, 0.3) is 21.7 Å². The SMILES string of the molecule is CCCCN1C(=O)C2(OCCCO2)c2cc(NS(=O)(=O)c3ccccc3)ccc21.